The van der Waals surface area contributed by atoms with Gasteiger partial charge in [-0.3, -0.25) is 4.79 Å². The number of aliphatic hydroxyl groups excluding tert-OH is 1. The average Bonchev–Trinajstić information content (AvgIpc) is 2.95. The lowest BCUT2D eigenvalue weighted by molar-refractivity contribution is -0.159. The summed E-state index contributed by atoms with van der Waals surface area (Å²) in [6.45, 7) is 3.51. The van der Waals surface area contributed by atoms with E-state index in [-0.39, 0.29) is 23.7 Å². The molecule has 1 saturated heterocycles. The van der Waals surface area contributed by atoms with E-state index in [4.69, 9.17) is 9.47 Å². The van der Waals surface area contributed by atoms with E-state index in [1.807, 2.05) is 0 Å². The second-order valence-corrected chi connectivity index (χ2v) is 7.96. The van der Waals surface area contributed by atoms with Crippen LogP contribution in [0.1, 0.15) is 31.4 Å². The fourth-order valence-electron chi connectivity index (χ4n) is 4.00. The molecule has 1 heterocycles. The molecule has 2 aromatic carbocycles. The highest BCUT2D eigenvalue weighted by Gasteiger charge is 2.46. The highest BCUT2D eigenvalue weighted by Crippen LogP contribution is 2.39. The van der Waals surface area contributed by atoms with E-state index in [1.54, 1.807) is 50.2 Å². The van der Waals surface area contributed by atoms with Gasteiger partial charge in [-0.2, -0.15) is 0 Å². The van der Waals surface area contributed by atoms with Crippen LogP contribution in [-0.4, -0.2) is 45.2 Å². The fourth-order valence-corrected chi connectivity index (χ4v) is 4.00. The van der Waals surface area contributed by atoms with Crippen molar-refractivity contribution in [2.45, 2.75) is 57.2 Å². The van der Waals surface area contributed by atoms with Gasteiger partial charge in [-0.15, -0.1) is 0 Å². The normalized spacial score (nSPS) is 26.7. The molecule has 3 N–H and O–H groups in total. The van der Waals surface area contributed by atoms with Crippen LogP contribution in [0, 0.1) is 0 Å². The number of phenolic OH excluding ortho intramolecular Hbond substituents is 2. The Morgan fingerprint density at radius 3 is 2.21 bits per heavy atom. The lowest BCUT2D eigenvalue weighted by Gasteiger charge is -2.21. The number of ketones is 1. The number of aryl methyl sites for hydroxylation is 1. The molecule has 0 amide bonds. The Morgan fingerprint density at radius 2 is 1.54 bits per heavy atom. The van der Waals surface area contributed by atoms with Crippen molar-refractivity contribution < 1.29 is 29.6 Å². The Hall–Kier alpha value is -2.41. The van der Waals surface area contributed by atoms with Gasteiger partial charge in [0.2, 0.25) is 0 Å². The minimum atomic E-state index is -1.28. The topological polar surface area (TPSA) is 96.2 Å². The van der Waals surface area contributed by atoms with E-state index in [2.05, 4.69) is 0 Å². The SMILES string of the molecule is CC1(C)O[C@H]2[C@H](Cc3ccc(O)c(c3)-c3cc(ccc3O)CCC(=O)[C@@H]2O)O1. The van der Waals surface area contributed by atoms with Gasteiger partial charge in [0.15, 0.2) is 11.6 Å². The van der Waals surface area contributed by atoms with Crippen LogP contribution in [-0.2, 0) is 27.1 Å². The molecule has 28 heavy (non-hydrogen) atoms. The second-order valence-electron chi connectivity index (χ2n) is 7.96. The van der Waals surface area contributed by atoms with Gasteiger partial charge < -0.3 is 24.8 Å². The van der Waals surface area contributed by atoms with Crippen LogP contribution in [0.15, 0.2) is 36.4 Å². The van der Waals surface area contributed by atoms with E-state index in [9.17, 15) is 20.1 Å². The maximum Gasteiger partial charge on any atom is 0.164 e. The lowest BCUT2D eigenvalue weighted by atomic mass is 9.95. The van der Waals surface area contributed by atoms with E-state index in [0.29, 0.717) is 24.0 Å². The molecule has 0 radical (unpaired) electrons. The summed E-state index contributed by atoms with van der Waals surface area (Å²) in [6, 6.07) is 10.2. The molecule has 2 aliphatic rings. The van der Waals surface area contributed by atoms with Crippen LogP contribution >= 0.6 is 0 Å². The summed E-state index contributed by atoms with van der Waals surface area (Å²) in [4.78, 5) is 12.6. The molecule has 1 aliphatic carbocycles. The molecule has 6 nitrogen and oxygen atoms in total. The van der Waals surface area contributed by atoms with E-state index < -0.39 is 24.1 Å². The number of aliphatic hydroxyl groups is 1. The van der Waals surface area contributed by atoms with Gasteiger partial charge in [0.1, 0.15) is 23.7 Å². The number of ether oxygens (including phenoxy) is 2. The predicted octanol–water partition coefficient (Wildman–Crippen LogP) is 2.70. The summed E-state index contributed by atoms with van der Waals surface area (Å²) in [5, 5.41) is 31.3. The number of fused-ring (bicyclic) bond motifs is 6. The van der Waals surface area contributed by atoms with Crippen molar-refractivity contribution in [3.63, 3.8) is 0 Å². The Balaban J connectivity index is 1.82. The molecule has 0 unspecified atom stereocenters. The quantitative estimate of drug-likeness (QED) is 0.646. The summed E-state index contributed by atoms with van der Waals surface area (Å²) in [6.07, 6.45) is -1.61. The number of hydrogen-bond acceptors (Lipinski definition) is 6. The number of carbonyl (C=O) groups excluding carboxylic acids is 1. The molecule has 0 spiro atoms. The molecular weight excluding hydrogens is 360 g/mol. The molecule has 1 fully saturated rings. The van der Waals surface area contributed by atoms with E-state index >= 15 is 0 Å². The summed E-state index contributed by atoms with van der Waals surface area (Å²) < 4.78 is 11.8. The van der Waals surface area contributed by atoms with Crippen LogP contribution in [0.25, 0.3) is 11.1 Å². The van der Waals surface area contributed by atoms with Gasteiger partial charge in [-0.1, -0.05) is 12.1 Å². The van der Waals surface area contributed by atoms with Gasteiger partial charge in [-0.25, -0.2) is 0 Å². The third-order valence-electron chi connectivity index (χ3n) is 5.37. The third-order valence-corrected chi connectivity index (χ3v) is 5.37. The first-order chi connectivity index (χ1) is 13.2. The summed E-state index contributed by atoms with van der Waals surface area (Å²) >= 11 is 0. The maximum absolute atomic E-state index is 12.6. The first-order valence-corrected chi connectivity index (χ1v) is 9.44. The highest BCUT2D eigenvalue weighted by molar-refractivity contribution is 5.84. The Morgan fingerprint density at radius 1 is 0.929 bits per heavy atom. The van der Waals surface area contributed by atoms with E-state index in [1.165, 1.54) is 0 Å². The van der Waals surface area contributed by atoms with Crippen molar-refractivity contribution in [1.82, 2.24) is 0 Å². The lowest BCUT2D eigenvalue weighted by Crippen LogP contribution is -2.41. The number of phenols is 2. The second kappa shape index (κ2) is 6.88. The Labute approximate surface area is 163 Å². The van der Waals surface area contributed by atoms with Crippen LogP contribution < -0.4 is 0 Å². The summed E-state index contributed by atoms with van der Waals surface area (Å²) in [7, 11) is 0. The number of carbonyl (C=O) groups is 1. The summed E-state index contributed by atoms with van der Waals surface area (Å²) in [5.41, 5.74) is 2.69. The van der Waals surface area contributed by atoms with Crippen LogP contribution in [0.2, 0.25) is 0 Å². The molecule has 148 valence electrons. The van der Waals surface area contributed by atoms with Gasteiger partial charge >= 0.3 is 0 Å². The molecule has 3 atom stereocenters. The number of aromatic hydroxyl groups is 2. The Kier molecular flexibility index (Phi) is 4.65. The number of hydrogen-bond donors (Lipinski definition) is 3. The third kappa shape index (κ3) is 3.51. The number of benzene rings is 2. The summed E-state index contributed by atoms with van der Waals surface area (Å²) in [5.74, 6) is -1.10. The van der Waals surface area contributed by atoms with Crippen LogP contribution in [0.5, 0.6) is 11.5 Å². The first-order valence-electron chi connectivity index (χ1n) is 9.44. The maximum atomic E-state index is 12.6. The van der Waals surface area contributed by atoms with Crippen LogP contribution in [0.3, 0.4) is 0 Å². The van der Waals surface area contributed by atoms with Crippen molar-refractivity contribution in [3.8, 4) is 22.6 Å². The average molecular weight is 384 g/mol. The Bertz CT molecular complexity index is 919. The number of rotatable bonds is 0. The van der Waals surface area contributed by atoms with Gasteiger partial charge in [0.05, 0.1) is 6.10 Å². The molecule has 4 bridgehead atoms. The van der Waals surface area contributed by atoms with Crippen molar-refractivity contribution in [3.05, 3.63) is 47.5 Å². The smallest absolute Gasteiger partial charge is 0.164 e. The molecule has 2 aromatic rings. The van der Waals surface area contributed by atoms with E-state index in [0.717, 1.165) is 11.1 Å². The molecule has 0 saturated carbocycles. The highest BCUT2D eigenvalue weighted by atomic mass is 16.8. The largest absolute Gasteiger partial charge is 0.507 e. The first kappa shape index (κ1) is 18.9. The van der Waals surface area contributed by atoms with Crippen molar-refractivity contribution in [2.24, 2.45) is 0 Å². The van der Waals surface area contributed by atoms with Gasteiger partial charge in [-0.05, 0) is 55.7 Å². The standard InChI is InChI=1S/C22H24O6/c1-22(2)27-19-11-13-5-7-17(24)15(10-13)14-9-12(3-6-16(14)23)4-8-18(25)20(26)21(19)28-22/h3,5-7,9-10,19-21,23-24,26H,4,8,11H2,1-2H3/t19-,20-,21-/m0/s1. The minimum absolute atomic E-state index is 0.0527. The predicted molar refractivity (Wildman–Crippen MR) is 102 cm³/mol. The van der Waals surface area contributed by atoms with Crippen molar-refractivity contribution >= 4 is 5.78 Å². The monoisotopic (exact) mass is 384 g/mol. The minimum Gasteiger partial charge on any atom is -0.507 e. The van der Waals surface area contributed by atoms with Gasteiger partial charge in [0, 0.05) is 24.0 Å². The molecular formula is C22H24O6. The molecule has 4 rings (SSSR count). The zero-order valence-electron chi connectivity index (χ0n) is 15.9. The van der Waals surface area contributed by atoms with Crippen LogP contribution in [0.4, 0.5) is 0 Å². The molecule has 6 heteroatoms. The molecule has 1 aliphatic heterocycles. The number of Topliss-reactive ketones (excluding diaryl/α,β-unsaturated/α-hetero) is 1. The van der Waals surface area contributed by atoms with Crippen molar-refractivity contribution in [1.29, 1.82) is 0 Å². The van der Waals surface area contributed by atoms with Gasteiger partial charge in [0.25, 0.3) is 0 Å². The zero-order chi connectivity index (χ0) is 20.1. The van der Waals surface area contributed by atoms with Crippen molar-refractivity contribution in [2.75, 3.05) is 0 Å². The molecule has 0 aromatic heterocycles. The zero-order valence-corrected chi connectivity index (χ0v) is 15.9. The fraction of sp³-hybridized carbons (Fsp3) is 0.409.